The maximum absolute atomic E-state index is 5.33. The molecule has 0 amide bonds. The molecule has 3 heterocycles. The van der Waals surface area contributed by atoms with Crippen LogP contribution < -0.4 is 0 Å². The quantitative estimate of drug-likeness (QED) is 0.165. The van der Waals surface area contributed by atoms with Gasteiger partial charge in [-0.2, -0.15) is 0 Å². The van der Waals surface area contributed by atoms with Gasteiger partial charge in [0.05, 0.1) is 11.4 Å². The SMILES string of the molecule is c1ccc(-c2cccc(-c3cc(-c4cc(-c5ccccc5)cc(-c5cccc6c5sc5ccccc56)c4)nc(-c4ccc(-c5cccnc5)cc4)n3)c2)cc1. The van der Waals surface area contributed by atoms with Crippen LogP contribution in [-0.4, -0.2) is 15.0 Å². The van der Waals surface area contributed by atoms with E-state index in [2.05, 4.69) is 187 Å². The van der Waals surface area contributed by atoms with Crippen molar-refractivity contribution >= 4 is 31.5 Å². The lowest BCUT2D eigenvalue weighted by Crippen LogP contribution is -1.97. The summed E-state index contributed by atoms with van der Waals surface area (Å²) in [5, 5.41) is 2.57. The first-order chi connectivity index (χ1) is 27.2. The Balaban J connectivity index is 1.18. The number of fused-ring (bicyclic) bond motifs is 3. The van der Waals surface area contributed by atoms with Gasteiger partial charge in [0.2, 0.25) is 0 Å². The normalized spacial score (nSPS) is 11.3. The predicted molar refractivity (Wildman–Crippen MR) is 231 cm³/mol. The van der Waals surface area contributed by atoms with E-state index < -0.39 is 0 Å². The smallest absolute Gasteiger partial charge is 0.160 e. The minimum Gasteiger partial charge on any atom is -0.264 e. The Morgan fingerprint density at radius 2 is 0.909 bits per heavy atom. The van der Waals surface area contributed by atoms with Crippen molar-refractivity contribution in [3.05, 3.63) is 200 Å². The van der Waals surface area contributed by atoms with Crippen LogP contribution in [0, 0.1) is 0 Å². The Bertz CT molecular complexity index is 2950. The third-order valence-electron chi connectivity index (χ3n) is 10.2. The monoisotopic (exact) mass is 719 g/mol. The van der Waals surface area contributed by atoms with Crippen LogP contribution in [0.3, 0.4) is 0 Å². The first-order valence-corrected chi connectivity index (χ1v) is 19.2. The van der Waals surface area contributed by atoms with Gasteiger partial charge in [0.15, 0.2) is 5.82 Å². The lowest BCUT2D eigenvalue weighted by atomic mass is 9.93. The van der Waals surface area contributed by atoms with E-state index in [4.69, 9.17) is 9.97 Å². The van der Waals surface area contributed by atoms with Crippen molar-refractivity contribution < 1.29 is 0 Å². The van der Waals surface area contributed by atoms with Crippen LogP contribution in [0.4, 0.5) is 0 Å². The van der Waals surface area contributed by atoms with E-state index in [1.54, 1.807) is 6.20 Å². The van der Waals surface area contributed by atoms with E-state index in [9.17, 15) is 0 Å². The summed E-state index contributed by atoms with van der Waals surface area (Å²) in [7, 11) is 0. The van der Waals surface area contributed by atoms with E-state index in [1.807, 2.05) is 23.6 Å². The van der Waals surface area contributed by atoms with E-state index in [0.29, 0.717) is 5.82 Å². The molecular formula is C51H33N3S. The Morgan fingerprint density at radius 3 is 1.69 bits per heavy atom. The second-order valence-corrected chi connectivity index (χ2v) is 14.7. The number of nitrogens with zero attached hydrogens (tertiary/aromatic N) is 3. The van der Waals surface area contributed by atoms with Crippen molar-refractivity contribution in [2.45, 2.75) is 0 Å². The number of hydrogen-bond donors (Lipinski definition) is 0. The number of thiophene rings is 1. The van der Waals surface area contributed by atoms with Gasteiger partial charge in [0.25, 0.3) is 0 Å². The van der Waals surface area contributed by atoms with Crippen molar-refractivity contribution in [1.82, 2.24) is 15.0 Å². The summed E-state index contributed by atoms with van der Waals surface area (Å²) in [4.78, 5) is 14.9. The van der Waals surface area contributed by atoms with Gasteiger partial charge in [-0.1, -0.05) is 146 Å². The Kier molecular flexibility index (Phi) is 8.36. The minimum atomic E-state index is 0.675. The summed E-state index contributed by atoms with van der Waals surface area (Å²) in [5.74, 6) is 0.675. The van der Waals surface area contributed by atoms with E-state index in [0.717, 1.165) is 61.5 Å². The standard InChI is InChI=1S/C51H33N3S/c1-3-12-34(13-4-1)38-16-9-17-39(28-38)47-32-48(54-51(53-47)37-25-23-36(24-26-37)40-18-11-27-52-33-40)43-30-41(35-14-5-2-6-15-35)29-42(31-43)44-20-10-21-46-45-19-7-8-22-49(45)55-50(44)46/h1-33H. The van der Waals surface area contributed by atoms with Crippen LogP contribution in [0.1, 0.15) is 0 Å². The highest BCUT2D eigenvalue weighted by Gasteiger charge is 2.16. The van der Waals surface area contributed by atoms with Gasteiger partial charge in [0, 0.05) is 49.3 Å². The summed E-state index contributed by atoms with van der Waals surface area (Å²) >= 11 is 1.86. The summed E-state index contributed by atoms with van der Waals surface area (Å²) in [6.45, 7) is 0. The van der Waals surface area contributed by atoms with Crippen LogP contribution in [0.2, 0.25) is 0 Å². The van der Waals surface area contributed by atoms with Crippen molar-refractivity contribution in [2.24, 2.45) is 0 Å². The molecule has 0 saturated heterocycles. The van der Waals surface area contributed by atoms with Crippen molar-refractivity contribution in [2.75, 3.05) is 0 Å². The zero-order chi connectivity index (χ0) is 36.6. The molecular weight excluding hydrogens is 687 g/mol. The van der Waals surface area contributed by atoms with Gasteiger partial charge >= 0.3 is 0 Å². The van der Waals surface area contributed by atoms with Crippen LogP contribution in [0.5, 0.6) is 0 Å². The zero-order valence-corrected chi connectivity index (χ0v) is 30.6. The molecule has 0 aliphatic rings. The lowest BCUT2D eigenvalue weighted by molar-refractivity contribution is 1.18. The van der Waals surface area contributed by atoms with Crippen molar-refractivity contribution in [1.29, 1.82) is 0 Å². The Morgan fingerprint density at radius 1 is 0.345 bits per heavy atom. The summed E-state index contributed by atoms with van der Waals surface area (Å²) in [6, 6.07) is 66.7. The molecule has 3 nitrogen and oxygen atoms in total. The van der Waals surface area contributed by atoms with E-state index in [1.165, 1.54) is 31.3 Å². The summed E-state index contributed by atoms with van der Waals surface area (Å²) in [5.41, 5.74) is 13.9. The van der Waals surface area contributed by atoms with Crippen LogP contribution in [0.25, 0.3) is 98.6 Å². The third-order valence-corrected chi connectivity index (χ3v) is 11.4. The molecule has 55 heavy (non-hydrogen) atoms. The Hall–Kier alpha value is -7.01. The number of pyridine rings is 1. The van der Waals surface area contributed by atoms with Crippen molar-refractivity contribution in [3.8, 4) is 78.4 Å². The fraction of sp³-hybridized carbons (Fsp3) is 0. The van der Waals surface area contributed by atoms with E-state index in [-0.39, 0.29) is 0 Å². The molecule has 0 radical (unpaired) electrons. The average molecular weight is 720 g/mol. The molecule has 258 valence electrons. The van der Waals surface area contributed by atoms with Crippen molar-refractivity contribution in [3.63, 3.8) is 0 Å². The highest BCUT2D eigenvalue weighted by atomic mass is 32.1. The van der Waals surface area contributed by atoms with Gasteiger partial charge < -0.3 is 0 Å². The molecule has 0 N–H and O–H groups in total. The van der Waals surface area contributed by atoms with Crippen LogP contribution in [0.15, 0.2) is 200 Å². The second kappa shape index (κ2) is 14.1. The molecule has 7 aromatic carbocycles. The van der Waals surface area contributed by atoms with Gasteiger partial charge in [-0.15, -0.1) is 11.3 Å². The maximum Gasteiger partial charge on any atom is 0.160 e. The Labute approximate surface area is 323 Å². The van der Waals surface area contributed by atoms with Crippen LogP contribution in [-0.2, 0) is 0 Å². The molecule has 10 rings (SSSR count). The zero-order valence-electron chi connectivity index (χ0n) is 29.8. The molecule has 0 fully saturated rings. The largest absolute Gasteiger partial charge is 0.264 e. The van der Waals surface area contributed by atoms with E-state index >= 15 is 0 Å². The first kappa shape index (κ1) is 32.6. The molecule has 3 aromatic heterocycles. The molecule has 0 atom stereocenters. The molecule has 10 aromatic rings. The topological polar surface area (TPSA) is 38.7 Å². The number of aromatic nitrogens is 3. The molecule has 0 bridgehead atoms. The molecule has 0 unspecified atom stereocenters. The lowest BCUT2D eigenvalue weighted by Gasteiger charge is -2.14. The number of rotatable bonds is 7. The highest BCUT2D eigenvalue weighted by Crippen LogP contribution is 2.42. The number of hydrogen-bond acceptors (Lipinski definition) is 4. The molecule has 0 aliphatic carbocycles. The molecule has 0 saturated carbocycles. The molecule has 0 spiro atoms. The third kappa shape index (κ3) is 6.39. The van der Waals surface area contributed by atoms with Crippen LogP contribution >= 0.6 is 11.3 Å². The second-order valence-electron chi connectivity index (χ2n) is 13.7. The van der Waals surface area contributed by atoms with Gasteiger partial charge in [0.1, 0.15) is 0 Å². The summed E-state index contributed by atoms with van der Waals surface area (Å²) in [6.07, 6.45) is 3.69. The number of benzene rings is 7. The molecule has 0 aliphatic heterocycles. The average Bonchev–Trinajstić information content (AvgIpc) is 3.66. The first-order valence-electron chi connectivity index (χ1n) is 18.4. The predicted octanol–water partition coefficient (Wildman–Crippen LogP) is 13.9. The van der Waals surface area contributed by atoms with Gasteiger partial charge in [-0.3, -0.25) is 4.98 Å². The van der Waals surface area contributed by atoms with Gasteiger partial charge in [-0.05, 0) is 87.0 Å². The fourth-order valence-electron chi connectivity index (χ4n) is 7.41. The van der Waals surface area contributed by atoms with Gasteiger partial charge in [-0.25, -0.2) is 9.97 Å². The highest BCUT2D eigenvalue weighted by molar-refractivity contribution is 7.26. The summed E-state index contributed by atoms with van der Waals surface area (Å²) < 4.78 is 2.58. The minimum absolute atomic E-state index is 0.675. The fourth-order valence-corrected chi connectivity index (χ4v) is 8.65. The molecule has 4 heteroatoms. The maximum atomic E-state index is 5.33.